The maximum atomic E-state index is 12.1. The number of pyridine rings is 1. The predicted octanol–water partition coefficient (Wildman–Crippen LogP) is 4.85. The van der Waals surface area contributed by atoms with E-state index in [0.717, 1.165) is 5.56 Å². The molecule has 142 valence electrons. The number of benzene rings is 2. The summed E-state index contributed by atoms with van der Waals surface area (Å²) in [6.45, 7) is 4.42. The minimum Gasteiger partial charge on any atom is -0.490 e. The third-order valence-corrected chi connectivity index (χ3v) is 4.45. The molecule has 0 bridgehead atoms. The third kappa shape index (κ3) is 4.19. The Kier molecular flexibility index (Phi) is 6.03. The summed E-state index contributed by atoms with van der Waals surface area (Å²) in [6.07, 6.45) is 0. The van der Waals surface area contributed by atoms with Gasteiger partial charge in [-0.1, -0.05) is 41.9 Å². The average molecular weight is 395 g/mol. The molecule has 0 amide bonds. The molecule has 0 saturated heterocycles. The van der Waals surface area contributed by atoms with Crippen LogP contribution in [0.2, 0.25) is 5.02 Å². The Morgan fingerprint density at radius 3 is 2.46 bits per heavy atom. The molecule has 0 aliphatic rings. The molecule has 1 N–H and O–H groups in total. The van der Waals surface area contributed by atoms with Crippen molar-refractivity contribution in [1.29, 1.82) is 5.26 Å². The van der Waals surface area contributed by atoms with Gasteiger partial charge in [0.15, 0.2) is 11.5 Å². The van der Waals surface area contributed by atoms with E-state index in [2.05, 4.69) is 4.98 Å². The molecule has 0 unspecified atom stereocenters. The van der Waals surface area contributed by atoms with Gasteiger partial charge in [-0.3, -0.25) is 4.79 Å². The van der Waals surface area contributed by atoms with Gasteiger partial charge in [0.05, 0.1) is 11.6 Å². The molecule has 0 saturated carbocycles. The number of aromatic amines is 1. The van der Waals surface area contributed by atoms with Gasteiger partial charge in [-0.05, 0) is 31.5 Å². The fraction of sp³-hybridized carbons (Fsp3) is 0.182. The highest BCUT2D eigenvalue weighted by Gasteiger charge is 2.17. The normalized spacial score (nSPS) is 10.4. The first kappa shape index (κ1) is 19.5. The quantitative estimate of drug-likeness (QED) is 0.648. The second-order valence-corrected chi connectivity index (χ2v) is 6.58. The Bertz CT molecular complexity index is 1090. The maximum Gasteiger partial charge on any atom is 0.266 e. The Morgan fingerprint density at radius 2 is 1.79 bits per heavy atom. The van der Waals surface area contributed by atoms with Crippen molar-refractivity contribution in [3.8, 4) is 28.7 Å². The fourth-order valence-electron chi connectivity index (χ4n) is 2.87. The van der Waals surface area contributed by atoms with E-state index in [4.69, 9.17) is 21.1 Å². The predicted molar refractivity (Wildman–Crippen MR) is 109 cm³/mol. The first-order chi connectivity index (χ1) is 13.5. The fourth-order valence-corrected chi connectivity index (χ4v) is 3.13. The number of nitriles is 1. The molecule has 1 heterocycles. The Labute approximate surface area is 168 Å². The maximum absolute atomic E-state index is 12.1. The summed E-state index contributed by atoms with van der Waals surface area (Å²) >= 11 is 6.49. The summed E-state index contributed by atoms with van der Waals surface area (Å²) in [5, 5.41) is 9.78. The van der Waals surface area contributed by atoms with Crippen molar-refractivity contribution in [3.05, 3.63) is 80.7 Å². The molecule has 28 heavy (non-hydrogen) atoms. The highest BCUT2D eigenvalue weighted by Crippen LogP contribution is 2.39. The minimum absolute atomic E-state index is 0.00732. The molecule has 0 spiro atoms. The number of hydrogen-bond donors (Lipinski definition) is 1. The first-order valence-electron chi connectivity index (χ1n) is 8.81. The van der Waals surface area contributed by atoms with Gasteiger partial charge < -0.3 is 14.5 Å². The van der Waals surface area contributed by atoms with E-state index < -0.39 is 5.56 Å². The van der Waals surface area contributed by atoms with Gasteiger partial charge in [-0.2, -0.15) is 5.26 Å². The van der Waals surface area contributed by atoms with Gasteiger partial charge in [-0.25, -0.2) is 0 Å². The molecule has 0 aliphatic heterocycles. The monoisotopic (exact) mass is 394 g/mol. The average Bonchev–Trinajstić information content (AvgIpc) is 2.68. The van der Waals surface area contributed by atoms with Crippen molar-refractivity contribution in [3.63, 3.8) is 0 Å². The Balaban J connectivity index is 2.05. The van der Waals surface area contributed by atoms with Crippen LogP contribution >= 0.6 is 11.6 Å². The molecule has 0 fully saturated rings. The van der Waals surface area contributed by atoms with Crippen molar-refractivity contribution in [1.82, 2.24) is 4.98 Å². The summed E-state index contributed by atoms with van der Waals surface area (Å²) < 4.78 is 11.6. The molecule has 0 radical (unpaired) electrons. The molecular weight excluding hydrogens is 376 g/mol. The zero-order valence-corrected chi connectivity index (χ0v) is 16.3. The number of ether oxygens (including phenoxy) is 2. The number of nitrogens with zero attached hydrogens (tertiary/aromatic N) is 1. The molecule has 3 aromatic rings. The molecule has 6 heteroatoms. The van der Waals surface area contributed by atoms with E-state index in [1.54, 1.807) is 25.1 Å². The van der Waals surface area contributed by atoms with Crippen LogP contribution in [-0.4, -0.2) is 11.6 Å². The van der Waals surface area contributed by atoms with Crippen LogP contribution < -0.4 is 15.0 Å². The van der Waals surface area contributed by atoms with Gasteiger partial charge in [0, 0.05) is 22.9 Å². The molecule has 5 nitrogen and oxygen atoms in total. The lowest BCUT2D eigenvalue weighted by Crippen LogP contribution is -2.13. The largest absolute Gasteiger partial charge is 0.490 e. The topological polar surface area (TPSA) is 75.1 Å². The number of hydrogen-bond acceptors (Lipinski definition) is 4. The summed E-state index contributed by atoms with van der Waals surface area (Å²) in [6, 6.07) is 16.8. The van der Waals surface area contributed by atoms with Crippen molar-refractivity contribution >= 4 is 11.6 Å². The molecule has 0 aliphatic carbocycles. The van der Waals surface area contributed by atoms with Crippen LogP contribution in [0.4, 0.5) is 0 Å². The second kappa shape index (κ2) is 8.64. The number of rotatable bonds is 6. The van der Waals surface area contributed by atoms with Crippen LogP contribution in [-0.2, 0) is 6.61 Å². The van der Waals surface area contributed by atoms with E-state index in [9.17, 15) is 10.1 Å². The van der Waals surface area contributed by atoms with Crippen LogP contribution in [0, 0.1) is 18.3 Å². The van der Waals surface area contributed by atoms with Gasteiger partial charge in [-0.15, -0.1) is 0 Å². The zero-order chi connectivity index (χ0) is 20.1. The lowest BCUT2D eigenvalue weighted by molar-refractivity contribution is 0.269. The van der Waals surface area contributed by atoms with Crippen molar-refractivity contribution in [2.75, 3.05) is 6.61 Å². The van der Waals surface area contributed by atoms with Gasteiger partial charge >= 0.3 is 0 Å². The van der Waals surface area contributed by atoms with Crippen molar-refractivity contribution in [2.24, 2.45) is 0 Å². The van der Waals surface area contributed by atoms with Crippen LogP contribution in [0.15, 0.2) is 53.3 Å². The Hall–Kier alpha value is -3.23. The van der Waals surface area contributed by atoms with E-state index in [1.165, 1.54) is 0 Å². The van der Waals surface area contributed by atoms with Gasteiger partial charge in [0.1, 0.15) is 18.2 Å². The van der Waals surface area contributed by atoms with E-state index in [1.807, 2.05) is 43.3 Å². The molecule has 3 rings (SSSR count). The molecule has 1 aromatic heterocycles. The lowest BCUT2D eigenvalue weighted by Gasteiger charge is -2.16. The summed E-state index contributed by atoms with van der Waals surface area (Å²) in [5.74, 6) is 0.999. The highest BCUT2D eigenvalue weighted by molar-refractivity contribution is 6.33. The van der Waals surface area contributed by atoms with Crippen LogP contribution in [0.3, 0.4) is 0 Å². The molecule has 2 aromatic carbocycles. The highest BCUT2D eigenvalue weighted by atomic mass is 35.5. The van der Waals surface area contributed by atoms with E-state index in [-0.39, 0.29) is 5.56 Å². The number of H-pyrrole nitrogens is 1. The zero-order valence-electron chi connectivity index (χ0n) is 15.6. The second-order valence-electron chi connectivity index (χ2n) is 6.17. The Morgan fingerprint density at radius 1 is 1.07 bits per heavy atom. The smallest absolute Gasteiger partial charge is 0.266 e. The first-order valence-corrected chi connectivity index (χ1v) is 9.18. The van der Waals surface area contributed by atoms with Crippen molar-refractivity contribution in [2.45, 2.75) is 20.5 Å². The lowest BCUT2D eigenvalue weighted by atomic mass is 10.0. The molecule has 0 atom stereocenters. The van der Waals surface area contributed by atoms with Gasteiger partial charge in [0.25, 0.3) is 5.56 Å². The van der Waals surface area contributed by atoms with Crippen LogP contribution in [0.1, 0.15) is 23.7 Å². The van der Waals surface area contributed by atoms with Gasteiger partial charge in [0.2, 0.25) is 0 Å². The van der Waals surface area contributed by atoms with Crippen LogP contribution in [0.25, 0.3) is 11.1 Å². The summed E-state index contributed by atoms with van der Waals surface area (Å²) in [7, 11) is 0. The van der Waals surface area contributed by atoms with E-state index >= 15 is 0 Å². The van der Waals surface area contributed by atoms with E-state index in [0.29, 0.717) is 46.6 Å². The third-order valence-electron chi connectivity index (χ3n) is 4.14. The number of nitrogens with one attached hydrogen (secondary N) is 1. The SMILES string of the molecule is CCOc1cc(-c2cc(C)[nH]c(=O)c2C#N)c(Cl)cc1OCc1ccccc1. The summed E-state index contributed by atoms with van der Waals surface area (Å²) in [4.78, 5) is 14.8. The number of aromatic nitrogens is 1. The van der Waals surface area contributed by atoms with Crippen LogP contribution in [0.5, 0.6) is 11.5 Å². The minimum atomic E-state index is -0.448. The van der Waals surface area contributed by atoms with Crippen molar-refractivity contribution < 1.29 is 9.47 Å². The molecular formula is C22H19ClN2O3. The number of halogens is 1. The number of aryl methyl sites for hydroxylation is 1. The standard InChI is InChI=1S/C22H19ClN2O3/c1-3-27-20-10-17(16-9-14(2)25-22(26)18(16)12-24)19(23)11-21(20)28-13-15-7-5-4-6-8-15/h4-11H,3,13H2,1-2H3,(H,25,26). The summed E-state index contributed by atoms with van der Waals surface area (Å²) in [5.41, 5.74) is 2.22.